The lowest BCUT2D eigenvalue weighted by molar-refractivity contribution is 0.509. The van der Waals surface area contributed by atoms with E-state index in [0.717, 1.165) is 19.4 Å². The van der Waals surface area contributed by atoms with Crippen molar-refractivity contribution in [2.24, 2.45) is 0 Å². The topological polar surface area (TPSA) is 12.0 Å². The first kappa shape index (κ1) is 11.8. The van der Waals surface area contributed by atoms with Crippen LogP contribution in [0.2, 0.25) is 0 Å². The second-order valence-corrected chi connectivity index (χ2v) is 5.65. The molecule has 1 heterocycles. The second kappa shape index (κ2) is 6.23. The summed E-state index contributed by atoms with van der Waals surface area (Å²) >= 11 is 5.21. The van der Waals surface area contributed by atoms with Crippen molar-refractivity contribution >= 4 is 27.3 Å². The van der Waals surface area contributed by atoms with Gasteiger partial charge >= 0.3 is 0 Å². The van der Waals surface area contributed by atoms with Crippen LogP contribution in [0.25, 0.3) is 0 Å². The lowest BCUT2D eigenvalue weighted by Gasteiger charge is -2.12. The van der Waals surface area contributed by atoms with Crippen molar-refractivity contribution in [3.63, 3.8) is 0 Å². The van der Waals surface area contributed by atoms with Crippen molar-refractivity contribution in [1.29, 1.82) is 0 Å². The molecule has 1 aromatic rings. The van der Waals surface area contributed by atoms with Crippen molar-refractivity contribution in [3.8, 4) is 12.3 Å². The van der Waals surface area contributed by atoms with Crippen molar-refractivity contribution in [2.75, 3.05) is 0 Å². The molecule has 0 spiro atoms. The average molecular weight is 272 g/mol. The van der Waals surface area contributed by atoms with Crippen molar-refractivity contribution in [2.45, 2.75) is 32.4 Å². The van der Waals surface area contributed by atoms with E-state index in [-0.39, 0.29) is 0 Å². The van der Waals surface area contributed by atoms with Crippen molar-refractivity contribution in [3.05, 3.63) is 20.8 Å². The highest BCUT2D eigenvalue weighted by Crippen LogP contribution is 2.21. The van der Waals surface area contributed by atoms with E-state index in [0.29, 0.717) is 6.04 Å². The van der Waals surface area contributed by atoms with Gasteiger partial charge in [0.25, 0.3) is 0 Å². The Morgan fingerprint density at radius 2 is 2.43 bits per heavy atom. The van der Waals surface area contributed by atoms with Crippen molar-refractivity contribution in [1.82, 2.24) is 5.32 Å². The smallest absolute Gasteiger partial charge is 0.0701 e. The fraction of sp³-hybridized carbons (Fsp3) is 0.455. The number of rotatable bonds is 5. The van der Waals surface area contributed by atoms with Crippen LogP contribution in [0.3, 0.4) is 0 Å². The standard InChI is InChI=1S/C11H14BrNS/c1-3-5-9(4-2)13-8-10-6-7-11(12)14-10/h1,6-7,9,13H,4-5,8H2,2H3. The summed E-state index contributed by atoms with van der Waals surface area (Å²) in [7, 11) is 0. The Bertz CT molecular complexity index is 313. The van der Waals surface area contributed by atoms with Gasteiger partial charge in [0.15, 0.2) is 0 Å². The van der Waals surface area contributed by atoms with Gasteiger partial charge in [0.2, 0.25) is 0 Å². The first-order chi connectivity index (χ1) is 6.76. The minimum Gasteiger partial charge on any atom is -0.308 e. The van der Waals surface area contributed by atoms with Crippen LogP contribution in [-0.4, -0.2) is 6.04 Å². The van der Waals surface area contributed by atoms with E-state index in [4.69, 9.17) is 6.42 Å². The van der Waals surface area contributed by atoms with Gasteiger partial charge in [0, 0.05) is 23.9 Å². The van der Waals surface area contributed by atoms with Gasteiger partial charge in [-0.05, 0) is 34.5 Å². The molecule has 0 aliphatic rings. The third-order valence-corrected chi connectivity index (χ3v) is 3.67. The summed E-state index contributed by atoms with van der Waals surface area (Å²) in [6.07, 6.45) is 7.17. The molecule has 1 N–H and O–H groups in total. The van der Waals surface area contributed by atoms with E-state index < -0.39 is 0 Å². The van der Waals surface area contributed by atoms with E-state index in [1.54, 1.807) is 11.3 Å². The third-order valence-electron chi connectivity index (χ3n) is 2.05. The van der Waals surface area contributed by atoms with E-state index in [2.05, 4.69) is 46.2 Å². The molecule has 76 valence electrons. The monoisotopic (exact) mass is 271 g/mol. The van der Waals surface area contributed by atoms with Gasteiger partial charge in [0.05, 0.1) is 3.79 Å². The predicted octanol–water partition coefficient (Wildman–Crippen LogP) is 3.40. The molecule has 0 aliphatic heterocycles. The predicted molar refractivity (Wildman–Crippen MR) is 66.4 cm³/mol. The fourth-order valence-electron chi connectivity index (χ4n) is 1.19. The number of thiophene rings is 1. The zero-order valence-corrected chi connectivity index (χ0v) is 10.6. The summed E-state index contributed by atoms with van der Waals surface area (Å²) in [5, 5.41) is 3.45. The average Bonchev–Trinajstić information content (AvgIpc) is 2.59. The maximum absolute atomic E-state index is 5.28. The molecule has 1 atom stereocenters. The molecule has 0 fully saturated rings. The van der Waals surface area contributed by atoms with Crippen LogP contribution in [0.15, 0.2) is 15.9 Å². The van der Waals surface area contributed by atoms with Gasteiger partial charge in [-0.25, -0.2) is 0 Å². The van der Waals surface area contributed by atoms with Gasteiger partial charge in [-0.2, -0.15) is 0 Å². The Kier molecular flexibility index (Phi) is 5.24. The SMILES string of the molecule is C#CCC(CC)NCc1ccc(Br)s1. The largest absolute Gasteiger partial charge is 0.308 e. The first-order valence-electron chi connectivity index (χ1n) is 4.67. The van der Waals surface area contributed by atoms with Crippen LogP contribution in [0.4, 0.5) is 0 Å². The van der Waals surface area contributed by atoms with Crippen LogP contribution in [0.1, 0.15) is 24.6 Å². The number of terminal acetylenes is 1. The quantitative estimate of drug-likeness (QED) is 0.810. The van der Waals surface area contributed by atoms with Gasteiger partial charge < -0.3 is 5.32 Å². The molecule has 1 nitrogen and oxygen atoms in total. The third kappa shape index (κ3) is 3.83. The van der Waals surface area contributed by atoms with Gasteiger partial charge in [-0.3, -0.25) is 0 Å². The van der Waals surface area contributed by atoms with Crippen LogP contribution >= 0.6 is 27.3 Å². The minimum absolute atomic E-state index is 0.445. The molecule has 0 radical (unpaired) electrons. The second-order valence-electron chi connectivity index (χ2n) is 3.10. The maximum Gasteiger partial charge on any atom is 0.0701 e. The Morgan fingerprint density at radius 1 is 1.64 bits per heavy atom. The lowest BCUT2D eigenvalue weighted by atomic mass is 10.1. The van der Waals surface area contributed by atoms with Crippen molar-refractivity contribution < 1.29 is 0 Å². The molecule has 1 aromatic heterocycles. The first-order valence-corrected chi connectivity index (χ1v) is 6.28. The summed E-state index contributed by atoms with van der Waals surface area (Å²) in [6.45, 7) is 3.07. The molecular weight excluding hydrogens is 258 g/mol. The molecule has 0 aromatic carbocycles. The molecule has 1 unspecified atom stereocenters. The Balaban J connectivity index is 2.36. The number of hydrogen-bond donors (Lipinski definition) is 1. The van der Waals surface area contributed by atoms with E-state index >= 15 is 0 Å². The molecule has 0 amide bonds. The fourth-order valence-corrected chi connectivity index (χ4v) is 2.63. The van der Waals surface area contributed by atoms with Gasteiger partial charge in [0.1, 0.15) is 0 Å². The van der Waals surface area contributed by atoms with E-state index in [1.165, 1.54) is 8.66 Å². The molecule has 0 aliphatic carbocycles. The zero-order valence-electron chi connectivity index (χ0n) is 8.22. The minimum atomic E-state index is 0.445. The maximum atomic E-state index is 5.28. The molecule has 3 heteroatoms. The Hall–Kier alpha value is -0.300. The number of hydrogen-bond acceptors (Lipinski definition) is 2. The zero-order chi connectivity index (χ0) is 10.4. The summed E-state index contributed by atoms with van der Waals surface area (Å²) in [6, 6.07) is 4.65. The number of halogens is 1. The summed E-state index contributed by atoms with van der Waals surface area (Å²) in [5.74, 6) is 2.69. The normalized spacial score (nSPS) is 12.4. The molecule has 0 saturated heterocycles. The highest BCUT2D eigenvalue weighted by atomic mass is 79.9. The molecule has 14 heavy (non-hydrogen) atoms. The highest BCUT2D eigenvalue weighted by Gasteiger charge is 2.04. The summed E-state index contributed by atoms with van der Waals surface area (Å²) in [4.78, 5) is 1.34. The van der Waals surface area contributed by atoms with Gasteiger partial charge in [-0.15, -0.1) is 23.7 Å². The summed E-state index contributed by atoms with van der Waals surface area (Å²) < 4.78 is 1.18. The highest BCUT2D eigenvalue weighted by molar-refractivity contribution is 9.11. The van der Waals surface area contributed by atoms with E-state index in [1.807, 2.05) is 0 Å². The van der Waals surface area contributed by atoms with Crippen LogP contribution in [0.5, 0.6) is 0 Å². The Labute approximate surface area is 98.0 Å². The Morgan fingerprint density at radius 3 is 2.93 bits per heavy atom. The molecule has 0 saturated carbocycles. The van der Waals surface area contributed by atoms with Gasteiger partial charge in [-0.1, -0.05) is 6.92 Å². The lowest BCUT2D eigenvalue weighted by Crippen LogP contribution is -2.26. The van der Waals surface area contributed by atoms with E-state index in [9.17, 15) is 0 Å². The molecular formula is C11H14BrNS. The molecule has 1 rings (SSSR count). The van der Waals surface area contributed by atoms with Crippen LogP contribution < -0.4 is 5.32 Å². The van der Waals surface area contributed by atoms with Crippen LogP contribution in [-0.2, 0) is 6.54 Å². The van der Waals surface area contributed by atoms with Crippen LogP contribution in [0, 0.1) is 12.3 Å². The molecule has 0 bridgehead atoms. The number of nitrogens with one attached hydrogen (secondary N) is 1. The summed E-state index contributed by atoms with van der Waals surface area (Å²) in [5.41, 5.74) is 0.